The van der Waals surface area contributed by atoms with E-state index >= 15 is 0 Å². The number of benzene rings is 2. The fourth-order valence-corrected chi connectivity index (χ4v) is 6.70. The van der Waals surface area contributed by atoms with Crippen molar-refractivity contribution in [2.45, 2.75) is 82.0 Å². The van der Waals surface area contributed by atoms with Gasteiger partial charge < -0.3 is 14.6 Å². The molecule has 3 atom stereocenters. The van der Waals surface area contributed by atoms with Gasteiger partial charge in [0.25, 0.3) is 0 Å². The van der Waals surface area contributed by atoms with Crippen LogP contribution >= 0.6 is 0 Å². The predicted molar refractivity (Wildman–Crippen MR) is 158 cm³/mol. The van der Waals surface area contributed by atoms with Crippen LogP contribution in [0.4, 0.5) is 0 Å². The number of carboxylic acid groups (broad SMARTS) is 1. The van der Waals surface area contributed by atoms with Crippen LogP contribution in [-0.2, 0) is 36.5 Å². The second-order valence-corrected chi connectivity index (χ2v) is 13.2. The molecule has 0 unspecified atom stereocenters. The molecule has 1 heterocycles. The Hall–Kier alpha value is -2.52. The predicted octanol–water partition coefficient (Wildman–Crippen LogP) is 5.63. The Labute approximate surface area is 239 Å². The van der Waals surface area contributed by atoms with Crippen molar-refractivity contribution in [1.82, 2.24) is 4.90 Å². The van der Waals surface area contributed by atoms with Gasteiger partial charge in [0, 0.05) is 18.7 Å². The molecule has 2 aliphatic rings. The van der Waals surface area contributed by atoms with Crippen molar-refractivity contribution in [3.8, 4) is 11.1 Å². The van der Waals surface area contributed by atoms with Crippen molar-refractivity contribution < 1.29 is 27.8 Å². The summed E-state index contributed by atoms with van der Waals surface area (Å²) < 4.78 is 36.7. The number of carboxylic acids is 1. The Bertz CT molecular complexity index is 1220. The second kappa shape index (κ2) is 14.9. The van der Waals surface area contributed by atoms with E-state index in [0.717, 1.165) is 48.2 Å². The van der Waals surface area contributed by atoms with E-state index in [0.29, 0.717) is 25.7 Å². The fraction of sp³-hybridized carbons (Fsp3) is 0.531. The van der Waals surface area contributed by atoms with E-state index in [2.05, 4.69) is 17.0 Å². The van der Waals surface area contributed by atoms with Gasteiger partial charge in [0.2, 0.25) is 0 Å². The summed E-state index contributed by atoms with van der Waals surface area (Å²) in [5.74, 6) is -0.772. The second-order valence-electron chi connectivity index (χ2n) is 11.1. The van der Waals surface area contributed by atoms with Gasteiger partial charge in [0.15, 0.2) is 9.84 Å². The Morgan fingerprint density at radius 3 is 2.40 bits per heavy atom. The van der Waals surface area contributed by atoms with Crippen LogP contribution in [-0.4, -0.2) is 68.6 Å². The maximum absolute atomic E-state index is 11.9. The Balaban J connectivity index is 1.39. The SMILES string of the molecule is CS(=O)(=O)Cc1ccccc1-c1ccc(CO[C@@H]2CC[C@H](N3CCCCCC3)[C@H]2OC/C=C\CCC(=O)O)cc1. The summed E-state index contributed by atoms with van der Waals surface area (Å²) in [5, 5.41) is 8.85. The van der Waals surface area contributed by atoms with Gasteiger partial charge >= 0.3 is 5.97 Å². The normalized spacial score (nSPS) is 22.5. The number of likely N-dealkylation sites (tertiary alicyclic amines) is 1. The standard InChI is InChI=1S/C32H43NO6S/c1-40(36,37)24-27-11-6-7-12-28(27)26-16-14-25(15-17-26)23-39-30-19-18-29(33-20-8-2-3-9-21-33)32(30)38-22-10-4-5-13-31(34)35/h4,6-7,10-12,14-17,29-30,32H,2-3,5,8-9,13,18-24H2,1H3,(H,34,35)/b10-4-/t29-,30+,32+/m0/s1. The van der Waals surface area contributed by atoms with Crippen molar-refractivity contribution >= 4 is 15.8 Å². The molecule has 0 bridgehead atoms. The quantitative estimate of drug-likeness (QED) is 0.313. The maximum atomic E-state index is 11.9. The zero-order valence-corrected chi connectivity index (χ0v) is 24.4. The maximum Gasteiger partial charge on any atom is 0.303 e. The first-order chi connectivity index (χ1) is 19.3. The fourth-order valence-electron chi connectivity index (χ4n) is 5.88. The van der Waals surface area contributed by atoms with E-state index in [4.69, 9.17) is 14.6 Å². The summed E-state index contributed by atoms with van der Waals surface area (Å²) in [6.07, 6.45) is 12.7. The van der Waals surface area contributed by atoms with Gasteiger partial charge in [0.1, 0.15) is 0 Å². The molecule has 0 amide bonds. The van der Waals surface area contributed by atoms with Crippen LogP contribution < -0.4 is 0 Å². The number of rotatable bonds is 13. The van der Waals surface area contributed by atoms with Gasteiger partial charge in [-0.25, -0.2) is 8.42 Å². The number of carbonyl (C=O) groups is 1. The zero-order valence-electron chi connectivity index (χ0n) is 23.5. The monoisotopic (exact) mass is 569 g/mol. The summed E-state index contributed by atoms with van der Waals surface area (Å²) in [6, 6.07) is 16.1. The van der Waals surface area contributed by atoms with Gasteiger partial charge in [-0.15, -0.1) is 0 Å². The molecule has 1 saturated carbocycles. The highest BCUT2D eigenvalue weighted by molar-refractivity contribution is 7.89. The molecule has 1 saturated heterocycles. The molecule has 2 aromatic carbocycles. The van der Waals surface area contributed by atoms with Gasteiger partial charge in [-0.2, -0.15) is 0 Å². The lowest BCUT2D eigenvalue weighted by Gasteiger charge is -2.33. The number of hydrogen-bond acceptors (Lipinski definition) is 6. The molecule has 1 aliphatic heterocycles. The summed E-state index contributed by atoms with van der Waals surface area (Å²) >= 11 is 0. The number of ether oxygens (including phenoxy) is 2. The van der Waals surface area contributed by atoms with Gasteiger partial charge in [0.05, 0.1) is 31.2 Å². The first-order valence-corrected chi connectivity index (χ1v) is 16.6. The highest BCUT2D eigenvalue weighted by Gasteiger charge is 2.40. The lowest BCUT2D eigenvalue weighted by Crippen LogP contribution is -2.45. The van der Waals surface area contributed by atoms with Crippen LogP contribution in [0.2, 0.25) is 0 Å². The average Bonchev–Trinajstić information content (AvgIpc) is 3.12. The van der Waals surface area contributed by atoms with E-state index in [1.165, 1.54) is 31.9 Å². The van der Waals surface area contributed by atoms with E-state index in [1.54, 1.807) is 0 Å². The van der Waals surface area contributed by atoms with E-state index in [1.807, 2.05) is 48.6 Å². The largest absolute Gasteiger partial charge is 0.481 e. The van der Waals surface area contributed by atoms with E-state index < -0.39 is 15.8 Å². The molecule has 1 aliphatic carbocycles. The number of nitrogens with zero attached hydrogens (tertiary/aromatic N) is 1. The van der Waals surface area contributed by atoms with Crippen LogP contribution in [0.1, 0.15) is 62.5 Å². The average molecular weight is 570 g/mol. The van der Waals surface area contributed by atoms with Crippen LogP contribution in [0.5, 0.6) is 0 Å². The van der Waals surface area contributed by atoms with Crippen molar-refractivity contribution in [3.63, 3.8) is 0 Å². The Kier molecular flexibility index (Phi) is 11.4. The third-order valence-electron chi connectivity index (χ3n) is 7.84. The van der Waals surface area contributed by atoms with Crippen LogP contribution in [0.3, 0.4) is 0 Å². The summed E-state index contributed by atoms with van der Waals surface area (Å²) in [6.45, 7) is 3.15. The number of allylic oxidation sites excluding steroid dienone is 1. The van der Waals surface area contributed by atoms with E-state index in [9.17, 15) is 13.2 Å². The minimum absolute atomic E-state index is 0.00386. The minimum atomic E-state index is -3.13. The molecule has 2 fully saturated rings. The molecule has 0 aromatic heterocycles. The molecule has 2 aromatic rings. The third-order valence-corrected chi connectivity index (χ3v) is 8.68. The van der Waals surface area contributed by atoms with Crippen molar-refractivity contribution in [3.05, 3.63) is 71.8 Å². The molecule has 40 heavy (non-hydrogen) atoms. The first-order valence-electron chi connectivity index (χ1n) is 14.5. The molecule has 0 radical (unpaired) electrons. The highest BCUT2D eigenvalue weighted by Crippen LogP contribution is 2.32. The molecule has 0 spiro atoms. The van der Waals surface area contributed by atoms with Crippen LogP contribution in [0, 0.1) is 0 Å². The van der Waals surface area contributed by atoms with Gasteiger partial charge in [-0.05, 0) is 67.4 Å². The molecule has 8 heteroatoms. The molecule has 4 rings (SSSR count). The topological polar surface area (TPSA) is 93.1 Å². The lowest BCUT2D eigenvalue weighted by atomic mass is 10.00. The van der Waals surface area contributed by atoms with Crippen LogP contribution in [0.15, 0.2) is 60.7 Å². The Morgan fingerprint density at radius 2 is 1.70 bits per heavy atom. The van der Waals surface area contributed by atoms with Crippen LogP contribution in [0.25, 0.3) is 11.1 Å². The minimum Gasteiger partial charge on any atom is -0.481 e. The number of aliphatic carboxylic acids is 1. The molecular weight excluding hydrogens is 526 g/mol. The molecule has 218 valence electrons. The summed E-state index contributed by atoms with van der Waals surface area (Å²) in [5.41, 5.74) is 3.79. The molecular formula is C32H43NO6S. The highest BCUT2D eigenvalue weighted by atomic mass is 32.2. The summed E-state index contributed by atoms with van der Waals surface area (Å²) in [4.78, 5) is 13.4. The number of hydrogen-bond donors (Lipinski definition) is 1. The smallest absolute Gasteiger partial charge is 0.303 e. The number of sulfone groups is 1. The summed E-state index contributed by atoms with van der Waals surface area (Å²) in [7, 11) is -3.13. The van der Waals surface area contributed by atoms with Gasteiger partial charge in [-0.3, -0.25) is 9.69 Å². The first kappa shape index (κ1) is 30.4. The molecule has 7 nitrogen and oxygen atoms in total. The third kappa shape index (κ3) is 9.26. The van der Waals surface area contributed by atoms with Gasteiger partial charge in [-0.1, -0.05) is 73.5 Å². The Morgan fingerprint density at radius 1 is 0.975 bits per heavy atom. The van der Waals surface area contributed by atoms with Crippen molar-refractivity contribution in [1.29, 1.82) is 0 Å². The zero-order chi connectivity index (χ0) is 28.4. The van der Waals surface area contributed by atoms with E-state index in [-0.39, 0.29) is 24.4 Å². The lowest BCUT2D eigenvalue weighted by molar-refractivity contribution is -0.136. The molecule has 1 N–H and O–H groups in total. The van der Waals surface area contributed by atoms with Crippen molar-refractivity contribution in [2.75, 3.05) is 26.0 Å². The van der Waals surface area contributed by atoms with Crippen molar-refractivity contribution in [2.24, 2.45) is 0 Å².